The molecule has 2 nitrogen and oxygen atoms in total. The van der Waals surface area contributed by atoms with E-state index >= 15 is 0 Å². The van der Waals surface area contributed by atoms with Crippen molar-refractivity contribution in [1.29, 1.82) is 0 Å². The van der Waals surface area contributed by atoms with E-state index in [1.165, 1.54) is 19.3 Å². The molecule has 0 aromatic rings. The monoisotopic (exact) mass is 240 g/mol. The standard InChI is InChI=1S/C15H32N2/c1-7-14-9-8-13(6)17(14)15(10-16,11(2)3)12(4)5/h11-14H,7-10,16H2,1-6H3. The maximum absolute atomic E-state index is 6.23. The number of hydrogen-bond donors (Lipinski definition) is 1. The van der Waals surface area contributed by atoms with Crippen LogP contribution in [0.2, 0.25) is 0 Å². The van der Waals surface area contributed by atoms with Crippen LogP contribution in [0.4, 0.5) is 0 Å². The van der Waals surface area contributed by atoms with E-state index in [1.54, 1.807) is 0 Å². The molecule has 0 spiro atoms. The highest BCUT2D eigenvalue weighted by molar-refractivity contribution is 5.03. The summed E-state index contributed by atoms with van der Waals surface area (Å²) in [6, 6.07) is 1.42. The second-order valence-corrected chi connectivity index (χ2v) is 6.40. The number of hydrogen-bond acceptors (Lipinski definition) is 2. The third-order valence-corrected chi connectivity index (χ3v) is 5.06. The van der Waals surface area contributed by atoms with Gasteiger partial charge in [0.15, 0.2) is 0 Å². The molecule has 1 heterocycles. The Balaban J connectivity index is 3.11. The molecule has 0 aromatic heterocycles. The predicted octanol–water partition coefficient (Wildman–Crippen LogP) is 3.26. The van der Waals surface area contributed by atoms with Gasteiger partial charge in [-0.1, -0.05) is 34.6 Å². The van der Waals surface area contributed by atoms with Crippen molar-refractivity contribution in [2.24, 2.45) is 17.6 Å². The SMILES string of the molecule is CCC1CCC(C)N1C(CN)(C(C)C)C(C)C. The molecule has 17 heavy (non-hydrogen) atoms. The van der Waals surface area contributed by atoms with Crippen LogP contribution in [-0.2, 0) is 0 Å². The molecule has 0 aromatic carbocycles. The highest BCUT2D eigenvalue weighted by Crippen LogP contribution is 2.41. The Morgan fingerprint density at radius 2 is 1.71 bits per heavy atom. The average Bonchev–Trinajstić information content (AvgIpc) is 2.62. The van der Waals surface area contributed by atoms with Gasteiger partial charge in [0.25, 0.3) is 0 Å². The first-order valence-electron chi connectivity index (χ1n) is 7.40. The van der Waals surface area contributed by atoms with Crippen molar-refractivity contribution >= 4 is 0 Å². The first kappa shape index (κ1) is 15.0. The van der Waals surface area contributed by atoms with E-state index in [0.717, 1.165) is 12.6 Å². The Labute approximate surface area is 108 Å². The molecule has 2 N–H and O–H groups in total. The zero-order valence-corrected chi connectivity index (χ0v) is 12.7. The molecular weight excluding hydrogens is 208 g/mol. The normalized spacial score (nSPS) is 27.4. The van der Waals surface area contributed by atoms with Crippen LogP contribution in [0.3, 0.4) is 0 Å². The topological polar surface area (TPSA) is 29.3 Å². The average molecular weight is 240 g/mol. The van der Waals surface area contributed by atoms with Crippen molar-refractivity contribution in [3.05, 3.63) is 0 Å². The smallest absolute Gasteiger partial charge is 0.0383 e. The molecule has 0 aliphatic carbocycles. The fourth-order valence-electron chi connectivity index (χ4n) is 4.06. The minimum atomic E-state index is 0.177. The van der Waals surface area contributed by atoms with Crippen LogP contribution in [0.25, 0.3) is 0 Å². The van der Waals surface area contributed by atoms with Crippen LogP contribution in [0, 0.1) is 11.8 Å². The van der Waals surface area contributed by atoms with Crippen molar-refractivity contribution in [2.45, 2.75) is 78.4 Å². The fourth-order valence-corrected chi connectivity index (χ4v) is 4.06. The quantitative estimate of drug-likeness (QED) is 0.799. The minimum absolute atomic E-state index is 0.177. The molecule has 102 valence electrons. The first-order chi connectivity index (χ1) is 7.91. The number of likely N-dealkylation sites (tertiary alicyclic amines) is 1. The number of nitrogens with two attached hydrogens (primary N) is 1. The molecule has 1 aliphatic rings. The molecule has 1 saturated heterocycles. The molecule has 0 saturated carbocycles. The predicted molar refractivity (Wildman–Crippen MR) is 76.1 cm³/mol. The molecule has 2 heteroatoms. The van der Waals surface area contributed by atoms with E-state index in [0.29, 0.717) is 17.9 Å². The molecule has 0 radical (unpaired) electrons. The Hall–Kier alpha value is -0.0800. The maximum atomic E-state index is 6.23. The third-order valence-electron chi connectivity index (χ3n) is 5.06. The summed E-state index contributed by atoms with van der Waals surface area (Å²) in [6.07, 6.45) is 3.93. The van der Waals surface area contributed by atoms with Gasteiger partial charge in [0, 0.05) is 24.2 Å². The lowest BCUT2D eigenvalue weighted by atomic mass is 9.74. The van der Waals surface area contributed by atoms with Gasteiger partial charge in [-0.25, -0.2) is 0 Å². The largest absolute Gasteiger partial charge is 0.329 e. The Kier molecular flexibility index (Phi) is 5.03. The van der Waals surface area contributed by atoms with Gasteiger partial charge in [0.1, 0.15) is 0 Å². The lowest BCUT2D eigenvalue weighted by molar-refractivity contribution is -0.0243. The van der Waals surface area contributed by atoms with Gasteiger partial charge in [-0.2, -0.15) is 0 Å². The summed E-state index contributed by atoms with van der Waals surface area (Å²) in [5, 5.41) is 0. The molecule has 0 amide bonds. The molecule has 2 unspecified atom stereocenters. The molecule has 2 atom stereocenters. The van der Waals surface area contributed by atoms with Crippen LogP contribution in [0.15, 0.2) is 0 Å². The molecule has 0 bridgehead atoms. The Bertz CT molecular complexity index is 227. The lowest BCUT2D eigenvalue weighted by Crippen LogP contribution is -2.64. The van der Waals surface area contributed by atoms with Crippen LogP contribution in [-0.4, -0.2) is 29.1 Å². The van der Waals surface area contributed by atoms with E-state index in [2.05, 4.69) is 46.4 Å². The summed E-state index contributed by atoms with van der Waals surface area (Å²) in [4.78, 5) is 2.77. The summed E-state index contributed by atoms with van der Waals surface area (Å²) in [5.74, 6) is 1.23. The molecule has 1 aliphatic heterocycles. The van der Waals surface area contributed by atoms with Gasteiger partial charge in [-0.05, 0) is 38.0 Å². The van der Waals surface area contributed by atoms with Crippen LogP contribution >= 0.6 is 0 Å². The van der Waals surface area contributed by atoms with Crippen LogP contribution < -0.4 is 5.73 Å². The van der Waals surface area contributed by atoms with Crippen molar-refractivity contribution in [3.63, 3.8) is 0 Å². The van der Waals surface area contributed by atoms with Crippen molar-refractivity contribution in [2.75, 3.05) is 6.54 Å². The highest BCUT2D eigenvalue weighted by atomic mass is 15.3. The van der Waals surface area contributed by atoms with Crippen molar-refractivity contribution < 1.29 is 0 Å². The Morgan fingerprint density at radius 3 is 2.06 bits per heavy atom. The highest BCUT2D eigenvalue weighted by Gasteiger charge is 2.48. The zero-order valence-electron chi connectivity index (χ0n) is 12.7. The second-order valence-electron chi connectivity index (χ2n) is 6.40. The van der Waals surface area contributed by atoms with Crippen LogP contribution in [0.1, 0.15) is 60.8 Å². The summed E-state index contributed by atoms with van der Waals surface area (Å²) < 4.78 is 0. The van der Waals surface area contributed by atoms with Gasteiger partial charge in [-0.3, -0.25) is 4.90 Å². The zero-order chi connectivity index (χ0) is 13.2. The molecular formula is C15H32N2. The van der Waals surface area contributed by atoms with Crippen molar-refractivity contribution in [3.8, 4) is 0 Å². The summed E-state index contributed by atoms with van der Waals surface area (Å²) >= 11 is 0. The Morgan fingerprint density at radius 1 is 1.18 bits per heavy atom. The third kappa shape index (κ3) is 2.39. The van der Waals surface area contributed by atoms with Gasteiger partial charge < -0.3 is 5.73 Å². The van der Waals surface area contributed by atoms with Gasteiger partial charge in [-0.15, -0.1) is 0 Å². The summed E-state index contributed by atoms with van der Waals surface area (Å²) in [6.45, 7) is 14.8. The lowest BCUT2D eigenvalue weighted by Gasteiger charge is -2.52. The first-order valence-corrected chi connectivity index (χ1v) is 7.40. The van der Waals surface area contributed by atoms with Crippen molar-refractivity contribution in [1.82, 2.24) is 4.90 Å². The molecule has 1 rings (SSSR count). The summed E-state index contributed by atoms with van der Waals surface area (Å²) in [7, 11) is 0. The van der Waals surface area contributed by atoms with E-state index in [4.69, 9.17) is 5.73 Å². The maximum Gasteiger partial charge on any atom is 0.0383 e. The summed E-state index contributed by atoms with van der Waals surface area (Å²) in [5.41, 5.74) is 6.40. The van der Waals surface area contributed by atoms with E-state index in [1.807, 2.05) is 0 Å². The second kappa shape index (κ2) is 5.71. The molecule has 1 fully saturated rings. The van der Waals surface area contributed by atoms with E-state index < -0.39 is 0 Å². The van der Waals surface area contributed by atoms with E-state index in [9.17, 15) is 0 Å². The van der Waals surface area contributed by atoms with Gasteiger partial charge >= 0.3 is 0 Å². The fraction of sp³-hybridized carbons (Fsp3) is 1.00. The number of rotatable bonds is 5. The van der Waals surface area contributed by atoms with Gasteiger partial charge in [0.05, 0.1) is 0 Å². The van der Waals surface area contributed by atoms with Gasteiger partial charge in [0.2, 0.25) is 0 Å². The minimum Gasteiger partial charge on any atom is -0.329 e. The number of nitrogens with zero attached hydrogens (tertiary/aromatic N) is 1. The van der Waals surface area contributed by atoms with E-state index in [-0.39, 0.29) is 5.54 Å². The van der Waals surface area contributed by atoms with Crippen LogP contribution in [0.5, 0.6) is 0 Å².